The third-order valence-corrected chi connectivity index (χ3v) is 2.99. The number of fused-ring (bicyclic) bond motifs is 1. The van der Waals surface area contributed by atoms with Crippen molar-refractivity contribution in [3.05, 3.63) is 53.0 Å². The molecule has 3 aromatic rings. The van der Waals surface area contributed by atoms with Gasteiger partial charge in [0.25, 0.3) is 0 Å². The van der Waals surface area contributed by atoms with Crippen LogP contribution in [-0.2, 0) is 0 Å². The Morgan fingerprint density at radius 2 is 1.47 bits per heavy atom. The van der Waals surface area contributed by atoms with Crippen molar-refractivity contribution in [2.45, 2.75) is 0 Å². The molecule has 1 heterocycles. The van der Waals surface area contributed by atoms with Crippen molar-refractivity contribution in [2.24, 2.45) is 0 Å². The monoisotopic (exact) mass is 285 g/mol. The summed E-state index contributed by atoms with van der Waals surface area (Å²) in [7, 11) is 0. The highest BCUT2D eigenvalue weighted by Crippen LogP contribution is 2.19. The summed E-state index contributed by atoms with van der Waals surface area (Å²) in [6, 6.07) is 15.6. The molecule has 0 saturated carbocycles. The molecular formula is C13H8BrN3. The van der Waals surface area contributed by atoms with Gasteiger partial charge in [0, 0.05) is 10.0 Å². The number of benzene rings is 2. The van der Waals surface area contributed by atoms with E-state index in [1.54, 1.807) is 0 Å². The van der Waals surface area contributed by atoms with Crippen molar-refractivity contribution in [1.82, 2.24) is 15.2 Å². The Morgan fingerprint density at radius 3 is 2.24 bits per heavy atom. The molecule has 0 atom stereocenters. The molecule has 0 aliphatic rings. The van der Waals surface area contributed by atoms with Gasteiger partial charge in [-0.1, -0.05) is 40.2 Å². The molecule has 0 bridgehead atoms. The Hall–Kier alpha value is -1.81. The molecule has 0 radical (unpaired) electrons. The van der Waals surface area contributed by atoms with E-state index in [4.69, 9.17) is 0 Å². The van der Waals surface area contributed by atoms with Crippen LogP contribution in [0.3, 0.4) is 0 Å². The summed E-state index contributed by atoms with van der Waals surface area (Å²) in [6.07, 6.45) is 0. The van der Waals surface area contributed by atoms with Crippen LogP contribution in [0.4, 0.5) is 0 Å². The summed E-state index contributed by atoms with van der Waals surface area (Å²) in [6.45, 7) is 0. The molecule has 0 amide bonds. The lowest BCUT2D eigenvalue weighted by molar-refractivity contribution is 1.03. The third kappa shape index (κ3) is 2.03. The van der Waals surface area contributed by atoms with Crippen LogP contribution in [0.25, 0.3) is 22.4 Å². The van der Waals surface area contributed by atoms with Gasteiger partial charge in [0.2, 0.25) is 0 Å². The number of halogens is 1. The van der Waals surface area contributed by atoms with Gasteiger partial charge < -0.3 is 0 Å². The van der Waals surface area contributed by atoms with Crippen LogP contribution >= 0.6 is 15.9 Å². The summed E-state index contributed by atoms with van der Waals surface area (Å²) in [5, 5.41) is 8.29. The second-order valence-electron chi connectivity index (χ2n) is 3.63. The number of para-hydroxylation sites is 1. The summed E-state index contributed by atoms with van der Waals surface area (Å²) < 4.78 is 1.04. The second-order valence-corrected chi connectivity index (χ2v) is 4.55. The maximum Gasteiger partial charge on any atom is 0.182 e. The largest absolute Gasteiger partial charge is 0.225 e. The van der Waals surface area contributed by atoms with Gasteiger partial charge in [-0.15, -0.1) is 10.2 Å². The predicted molar refractivity (Wildman–Crippen MR) is 70.5 cm³/mol. The van der Waals surface area contributed by atoms with E-state index in [1.807, 2.05) is 48.5 Å². The Labute approximate surface area is 107 Å². The minimum atomic E-state index is 0.649. The van der Waals surface area contributed by atoms with Crippen molar-refractivity contribution in [3.8, 4) is 11.4 Å². The minimum Gasteiger partial charge on any atom is -0.225 e. The van der Waals surface area contributed by atoms with Crippen LogP contribution in [0.5, 0.6) is 0 Å². The van der Waals surface area contributed by atoms with Gasteiger partial charge in [0.05, 0.1) is 5.52 Å². The van der Waals surface area contributed by atoms with Crippen molar-refractivity contribution < 1.29 is 0 Å². The van der Waals surface area contributed by atoms with Crippen LogP contribution in [0.1, 0.15) is 0 Å². The van der Waals surface area contributed by atoms with Gasteiger partial charge in [0.1, 0.15) is 5.52 Å². The zero-order valence-corrected chi connectivity index (χ0v) is 10.4. The fraction of sp³-hybridized carbons (Fsp3) is 0. The molecule has 3 rings (SSSR count). The summed E-state index contributed by atoms with van der Waals surface area (Å²) in [4.78, 5) is 4.49. The molecule has 0 aliphatic carbocycles. The van der Waals surface area contributed by atoms with Gasteiger partial charge in [-0.05, 0) is 24.3 Å². The molecule has 0 spiro atoms. The van der Waals surface area contributed by atoms with Gasteiger partial charge in [-0.25, -0.2) is 4.98 Å². The van der Waals surface area contributed by atoms with E-state index in [2.05, 4.69) is 31.1 Å². The van der Waals surface area contributed by atoms with Gasteiger partial charge >= 0.3 is 0 Å². The summed E-state index contributed by atoms with van der Waals surface area (Å²) >= 11 is 3.40. The average molecular weight is 286 g/mol. The number of hydrogen-bond acceptors (Lipinski definition) is 3. The first-order valence-corrected chi connectivity index (χ1v) is 5.98. The van der Waals surface area contributed by atoms with E-state index >= 15 is 0 Å². The van der Waals surface area contributed by atoms with Gasteiger partial charge in [0.15, 0.2) is 5.82 Å². The Kier molecular flexibility index (Phi) is 2.57. The highest BCUT2D eigenvalue weighted by molar-refractivity contribution is 9.10. The first-order valence-electron chi connectivity index (χ1n) is 5.18. The lowest BCUT2D eigenvalue weighted by Crippen LogP contribution is -1.93. The first kappa shape index (κ1) is 10.4. The Morgan fingerprint density at radius 1 is 0.765 bits per heavy atom. The van der Waals surface area contributed by atoms with Crippen molar-refractivity contribution >= 4 is 27.0 Å². The van der Waals surface area contributed by atoms with Crippen molar-refractivity contribution in [1.29, 1.82) is 0 Å². The molecule has 82 valence electrons. The molecule has 17 heavy (non-hydrogen) atoms. The molecule has 0 saturated heterocycles. The maximum atomic E-state index is 4.49. The Bertz CT molecular complexity index is 665. The number of hydrogen-bond donors (Lipinski definition) is 0. The van der Waals surface area contributed by atoms with Crippen LogP contribution in [-0.4, -0.2) is 15.2 Å². The SMILES string of the molecule is Brc1ccc(-c2nnc3ccccc3n2)cc1. The second kappa shape index (κ2) is 4.22. The van der Waals surface area contributed by atoms with Crippen LogP contribution in [0, 0.1) is 0 Å². The van der Waals surface area contributed by atoms with Gasteiger partial charge in [-0.3, -0.25) is 0 Å². The molecule has 0 N–H and O–H groups in total. The zero-order chi connectivity index (χ0) is 11.7. The van der Waals surface area contributed by atoms with Gasteiger partial charge in [-0.2, -0.15) is 0 Å². The normalized spacial score (nSPS) is 10.6. The van der Waals surface area contributed by atoms with E-state index in [9.17, 15) is 0 Å². The first-order chi connectivity index (χ1) is 8.33. The number of aromatic nitrogens is 3. The fourth-order valence-corrected chi connectivity index (χ4v) is 1.87. The highest BCUT2D eigenvalue weighted by atomic mass is 79.9. The van der Waals surface area contributed by atoms with Crippen LogP contribution in [0.15, 0.2) is 53.0 Å². The van der Waals surface area contributed by atoms with E-state index < -0.39 is 0 Å². The topological polar surface area (TPSA) is 38.7 Å². The quantitative estimate of drug-likeness (QED) is 0.687. The average Bonchev–Trinajstić information content (AvgIpc) is 2.39. The van der Waals surface area contributed by atoms with E-state index in [0.717, 1.165) is 21.1 Å². The number of rotatable bonds is 1. The molecule has 0 fully saturated rings. The molecular weight excluding hydrogens is 278 g/mol. The van der Waals surface area contributed by atoms with E-state index in [0.29, 0.717) is 5.82 Å². The lowest BCUT2D eigenvalue weighted by Gasteiger charge is -2.01. The molecule has 0 aliphatic heterocycles. The lowest BCUT2D eigenvalue weighted by atomic mass is 10.2. The van der Waals surface area contributed by atoms with Crippen molar-refractivity contribution in [2.75, 3.05) is 0 Å². The Balaban J connectivity index is 2.14. The molecule has 2 aromatic carbocycles. The zero-order valence-electron chi connectivity index (χ0n) is 8.84. The maximum absolute atomic E-state index is 4.49. The van der Waals surface area contributed by atoms with E-state index in [-0.39, 0.29) is 0 Å². The minimum absolute atomic E-state index is 0.649. The van der Waals surface area contributed by atoms with Crippen molar-refractivity contribution in [3.63, 3.8) is 0 Å². The fourth-order valence-electron chi connectivity index (χ4n) is 1.60. The third-order valence-electron chi connectivity index (χ3n) is 2.46. The van der Waals surface area contributed by atoms with Crippen LogP contribution < -0.4 is 0 Å². The highest BCUT2D eigenvalue weighted by Gasteiger charge is 2.03. The molecule has 3 nitrogen and oxygen atoms in total. The van der Waals surface area contributed by atoms with Crippen LogP contribution in [0.2, 0.25) is 0 Å². The molecule has 4 heteroatoms. The standard InChI is InChI=1S/C13H8BrN3/c14-10-7-5-9(6-8-10)13-15-11-3-1-2-4-12(11)16-17-13/h1-8H. The summed E-state index contributed by atoms with van der Waals surface area (Å²) in [5.74, 6) is 0.649. The van der Waals surface area contributed by atoms with E-state index in [1.165, 1.54) is 0 Å². The number of nitrogens with zero attached hydrogens (tertiary/aromatic N) is 3. The predicted octanol–water partition coefficient (Wildman–Crippen LogP) is 3.45. The molecule has 1 aromatic heterocycles. The summed E-state index contributed by atoms with van der Waals surface area (Å²) in [5.41, 5.74) is 2.64. The molecule has 0 unspecified atom stereocenters. The smallest absolute Gasteiger partial charge is 0.182 e.